The molecule has 0 amide bonds. The van der Waals surface area contributed by atoms with E-state index in [-0.39, 0.29) is 15.9 Å². The van der Waals surface area contributed by atoms with Crippen molar-refractivity contribution in [1.82, 2.24) is 4.72 Å². The van der Waals surface area contributed by atoms with Gasteiger partial charge in [-0.3, -0.25) is 0 Å². The van der Waals surface area contributed by atoms with Crippen LogP contribution in [0, 0.1) is 11.8 Å². The summed E-state index contributed by atoms with van der Waals surface area (Å²) in [6.07, 6.45) is 3.11. The number of hydrogen-bond donors (Lipinski definition) is 2. The first kappa shape index (κ1) is 16.4. The summed E-state index contributed by atoms with van der Waals surface area (Å²) in [7, 11) is -3.54. The minimum atomic E-state index is -3.54. The average Bonchev–Trinajstić information content (AvgIpc) is 2.44. The molecule has 0 heterocycles. The third-order valence-electron chi connectivity index (χ3n) is 4.44. The number of sulfonamides is 1. The normalized spacial score (nSPS) is 26.5. The molecule has 0 saturated heterocycles. The summed E-state index contributed by atoms with van der Waals surface area (Å²) >= 11 is 4.90. The van der Waals surface area contributed by atoms with E-state index >= 15 is 0 Å². The molecule has 0 radical (unpaired) electrons. The Bertz CT molecular complexity index is 628. The molecule has 0 spiro atoms. The zero-order valence-electron chi connectivity index (χ0n) is 12.4. The maximum atomic E-state index is 12.5. The summed E-state index contributed by atoms with van der Waals surface area (Å²) < 4.78 is 27.9. The van der Waals surface area contributed by atoms with Gasteiger partial charge in [0.05, 0.1) is 4.90 Å². The van der Waals surface area contributed by atoms with Gasteiger partial charge in [-0.05, 0) is 30.4 Å². The number of rotatable bonds is 4. The lowest BCUT2D eigenvalue weighted by atomic mass is 9.78. The summed E-state index contributed by atoms with van der Waals surface area (Å²) in [4.78, 5) is 0.421. The van der Waals surface area contributed by atoms with E-state index in [9.17, 15) is 8.42 Å². The monoisotopic (exact) mass is 326 g/mol. The standard InChI is InChI=1S/C15H22N2O2S2/c1-10-5-3-8-14(11(10)2)17-21(18,19)13-7-4-6-12(9-13)15(16)20/h4,6-7,9-11,14,17H,3,5,8H2,1-2H3,(H2,16,20). The molecule has 1 aromatic rings. The molecule has 1 aromatic carbocycles. The lowest BCUT2D eigenvalue weighted by Gasteiger charge is -2.34. The number of hydrogen-bond acceptors (Lipinski definition) is 3. The van der Waals surface area contributed by atoms with Crippen molar-refractivity contribution in [3.05, 3.63) is 29.8 Å². The fourth-order valence-corrected chi connectivity index (χ4v) is 4.37. The smallest absolute Gasteiger partial charge is 0.240 e. The minimum absolute atomic E-state index is 0.00719. The number of thiocarbonyl (C=S) groups is 1. The summed E-state index contributed by atoms with van der Waals surface area (Å²) in [5.74, 6) is 0.877. The van der Waals surface area contributed by atoms with Crippen molar-refractivity contribution in [1.29, 1.82) is 0 Å². The zero-order chi connectivity index (χ0) is 15.6. The summed E-state index contributed by atoms with van der Waals surface area (Å²) in [6.45, 7) is 4.29. The molecular formula is C15H22N2O2S2. The third kappa shape index (κ3) is 3.81. The van der Waals surface area contributed by atoms with Crippen LogP contribution in [0.3, 0.4) is 0 Å². The highest BCUT2D eigenvalue weighted by molar-refractivity contribution is 7.89. The van der Waals surface area contributed by atoms with Gasteiger partial charge < -0.3 is 5.73 Å². The Kier molecular flexibility index (Phi) is 5.01. The highest BCUT2D eigenvalue weighted by atomic mass is 32.2. The highest BCUT2D eigenvalue weighted by Gasteiger charge is 2.30. The molecule has 3 unspecified atom stereocenters. The molecular weight excluding hydrogens is 304 g/mol. The molecule has 1 aliphatic carbocycles. The van der Waals surface area contributed by atoms with Gasteiger partial charge in [0, 0.05) is 11.6 Å². The molecule has 4 nitrogen and oxygen atoms in total. The first-order chi connectivity index (χ1) is 9.81. The van der Waals surface area contributed by atoms with Crippen molar-refractivity contribution >= 4 is 27.2 Å². The van der Waals surface area contributed by atoms with Crippen LogP contribution < -0.4 is 10.5 Å². The maximum absolute atomic E-state index is 12.5. The second kappa shape index (κ2) is 6.42. The largest absolute Gasteiger partial charge is 0.389 e. The van der Waals surface area contributed by atoms with Gasteiger partial charge in [-0.1, -0.05) is 51.0 Å². The van der Waals surface area contributed by atoms with Crippen LogP contribution in [0.2, 0.25) is 0 Å². The van der Waals surface area contributed by atoms with E-state index < -0.39 is 10.0 Å². The van der Waals surface area contributed by atoms with Crippen LogP contribution in [-0.4, -0.2) is 19.4 Å². The molecule has 2 rings (SSSR count). The van der Waals surface area contributed by atoms with Gasteiger partial charge in [-0.2, -0.15) is 0 Å². The molecule has 1 saturated carbocycles. The van der Waals surface area contributed by atoms with Gasteiger partial charge in [0.25, 0.3) is 0 Å². The summed E-state index contributed by atoms with van der Waals surface area (Å²) in [5, 5.41) is 0. The average molecular weight is 326 g/mol. The molecule has 21 heavy (non-hydrogen) atoms. The van der Waals surface area contributed by atoms with Gasteiger partial charge in [0.1, 0.15) is 4.99 Å². The fourth-order valence-electron chi connectivity index (χ4n) is 2.83. The van der Waals surface area contributed by atoms with Crippen LogP contribution in [0.15, 0.2) is 29.2 Å². The minimum Gasteiger partial charge on any atom is -0.389 e. The predicted octanol–water partition coefficient (Wildman–Crippen LogP) is 2.42. The number of nitrogens with two attached hydrogens (primary N) is 1. The second-order valence-corrected chi connectivity index (χ2v) is 8.04. The van der Waals surface area contributed by atoms with E-state index in [0.717, 1.165) is 19.3 Å². The van der Waals surface area contributed by atoms with Crippen molar-refractivity contribution in [2.45, 2.75) is 44.0 Å². The number of benzene rings is 1. The van der Waals surface area contributed by atoms with Crippen molar-refractivity contribution in [2.75, 3.05) is 0 Å². The van der Waals surface area contributed by atoms with Gasteiger partial charge in [0.15, 0.2) is 0 Å². The SMILES string of the molecule is CC1CCCC(NS(=O)(=O)c2cccc(C(N)=S)c2)C1C. The lowest BCUT2D eigenvalue weighted by molar-refractivity contribution is 0.227. The van der Waals surface area contributed by atoms with E-state index in [4.69, 9.17) is 18.0 Å². The van der Waals surface area contributed by atoms with E-state index in [0.29, 0.717) is 17.4 Å². The maximum Gasteiger partial charge on any atom is 0.240 e. The van der Waals surface area contributed by atoms with Crippen LogP contribution in [-0.2, 0) is 10.0 Å². The molecule has 116 valence electrons. The van der Waals surface area contributed by atoms with E-state index in [1.54, 1.807) is 18.2 Å². The van der Waals surface area contributed by atoms with Crippen LogP contribution in [0.4, 0.5) is 0 Å². The van der Waals surface area contributed by atoms with E-state index in [1.165, 1.54) is 6.07 Å². The molecule has 0 aromatic heterocycles. The zero-order valence-corrected chi connectivity index (χ0v) is 14.0. The fraction of sp³-hybridized carbons (Fsp3) is 0.533. The van der Waals surface area contributed by atoms with Gasteiger partial charge in [0.2, 0.25) is 10.0 Å². The van der Waals surface area contributed by atoms with Gasteiger partial charge in [-0.15, -0.1) is 0 Å². The summed E-state index contributed by atoms with van der Waals surface area (Å²) in [6, 6.07) is 6.47. The van der Waals surface area contributed by atoms with E-state index in [1.807, 2.05) is 0 Å². The summed E-state index contributed by atoms with van der Waals surface area (Å²) in [5.41, 5.74) is 6.13. The van der Waals surface area contributed by atoms with Crippen molar-refractivity contribution in [2.24, 2.45) is 17.6 Å². The Labute approximate surface area is 132 Å². The Hall–Kier alpha value is -0.980. The first-order valence-corrected chi connectivity index (χ1v) is 9.12. The van der Waals surface area contributed by atoms with Gasteiger partial charge in [-0.25, -0.2) is 13.1 Å². The first-order valence-electron chi connectivity index (χ1n) is 7.23. The highest BCUT2D eigenvalue weighted by Crippen LogP contribution is 2.30. The van der Waals surface area contributed by atoms with Crippen molar-refractivity contribution in [3.8, 4) is 0 Å². The topological polar surface area (TPSA) is 72.2 Å². The predicted molar refractivity (Wildman–Crippen MR) is 88.6 cm³/mol. The molecule has 0 aliphatic heterocycles. The van der Waals surface area contributed by atoms with Crippen LogP contribution in [0.1, 0.15) is 38.7 Å². The lowest BCUT2D eigenvalue weighted by Crippen LogP contribution is -2.43. The molecule has 0 bridgehead atoms. The van der Waals surface area contributed by atoms with Crippen LogP contribution in [0.5, 0.6) is 0 Å². The second-order valence-electron chi connectivity index (χ2n) is 5.89. The molecule has 1 aliphatic rings. The van der Waals surface area contributed by atoms with Crippen LogP contribution in [0.25, 0.3) is 0 Å². The van der Waals surface area contributed by atoms with Crippen molar-refractivity contribution < 1.29 is 8.42 Å². The molecule has 1 fully saturated rings. The molecule has 6 heteroatoms. The Morgan fingerprint density at radius 3 is 2.71 bits per heavy atom. The van der Waals surface area contributed by atoms with Crippen LogP contribution >= 0.6 is 12.2 Å². The Balaban J connectivity index is 2.22. The Morgan fingerprint density at radius 2 is 2.05 bits per heavy atom. The van der Waals surface area contributed by atoms with Gasteiger partial charge >= 0.3 is 0 Å². The Morgan fingerprint density at radius 1 is 1.33 bits per heavy atom. The quantitative estimate of drug-likeness (QED) is 0.834. The third-order valence-corrected chi connectivity index (χ3v) is 6.17. The molecule has 3 N–H and O–H groups in total. The molecule has 3 atom stereocenters. The van der Waals surface area contributed by atoms with E-state index in [2.05, 4.69) is 18.6 Å². The number of nitrogens with one attached hydrogen (secondary N) is 1. The van der Waals surface area contributed by atoms with Crippen molar-refractivity contribution in [3.63, 3.8) is 0 Å².